The van der Waals surface area contributed by atoms with Crippen molar-refractivity contribution in [2.45, 2.75) is 33.1 Å². The summed E-state index contributed by atoms with van der Waals surface area (Å²) in [6.45, 7) is 8.34. The van der Waals surface area contributed by atoms with Crippen LogP contribution in [0.1, 0.15) is 33.1 Å². The lowest BCUT2D eigenvalue weighted by molar-refractivity contribution is 0.976. The Bertz CT molecular complexity index is 216. The molecule has 0 nitrogen and oxygen atoms in total. The third-order valence-corrected chi connectivity index (χ3v) is 2.16. The highest BCUT2D eigenvalue weighted by Gasteiger charge is 2.06. The second-order valence-corrected chi connectivity index (χ2v) is 3.14. The molecule has 0 saturated carbocycles. The van der Waals surface area contributed by atoms with Gasteiger partial charge in [0, 0.05) is 0 Å². The Morgan fingerprint density at radius 1 is 1.64 bits per heavy atom. The van der Waals surface area contributed by atoms with Gasteiger partial charge in [-0.2, -0.15) is 0 Å². The molecule has 60 valence electrons. The molecule has 0 radical (unpaired) electrons. The van der Waals surface area contributed by atoms with E-state index in [1.54, 1.807) is 0 Å². The minimum atomic E-state index is 1.09. The fourth-order valence-electron chi connectivity index (χ4n) is 1.36. The summed E-state index contributed by atoms with van der Waals surface area (Å²) in [6.07, 6.45) is 7.96. The van der Waals surface area contributed by atoms with E-state index in [1.807, 2.05) is 0 Å². The van der Waals surface area contributed by atoms with Crippen LogP contribution in [0.3, 0.4) is 0 Å². The van der Waals surface area contributed by atoms with Crippen molar-refractivity contribution in [3.05, 3.63) is 35.5 Å². The van der Waals surface area contributed by atoms with Gasteiger partial charge in [0.25, 0.3) is 0 Å². The molecule has 1 aliphatic carbocycles. The molecule has 0 saturated heterocycles. The third-order valence-electron chi connectivity index (χ3n) is 2.16. The lowest BCUT2D eigenvalue weighted by atomic mass is 9.91. The van der Waals surface area contributed by atoms with E-state index in [4.69, 9.17) is 0 Å². The van der Waals surface area contributed by atoms with Gasteiger partial charge in [-0.25, -0.2) is 0 Å². The Kier molecular flexibility index (Phi) is 2.70. The largest absolute Gasteiger partial charge is 0.0953 e. The standard InChI is InChI=1S/C11H16/c1-4-5-11-7-6-9(2)10(3)8-11/h5-6H,3-4,7-8H2,1-2H3. The van der Waals surface area contributed by atoms with E-state index in [0.717, 1.165) is 19.3 Å². The molecule has 0 aliphatic heterocycles. The van der Waals surface area contributed by atoms with Crippen molar-refractivity contribution in [1.29, 1.82) is 0 Å². The molecule has 0 spiro atoms. The molecule has 1 aliphatic rings. The van der Waals surface area contributed by atoms with E-state index in [-0.39, 0.29) is 0 Å². The molecule has 0 N–H and O–H groups in total. The zero-order valence-corrected chi connectivity index (χ0v) is 7.48. The summed E-state index contributed by atoms with van der Waals surface area (Å²) in [4.78, 5) is 0. The quantitative estimate of drug-likeness (QED) is 0.498. The molecule has 0 aromatic rings. The zero-order valence-electron chi connectivity index (χ0n) is 7.48. The molecule has 0 heterocycles. The molecule has 0 unspecified atom stereocenters. The van der Waals surface area contributed by atoms with E-state index in [9.17, 15) is 0 Å². The molecular formula is C11H16. The summed E-state index contributed by atoms with van der Waals surface area (Å²) < 4.78 is 0. The maximum atomic E-state index is 4.02. The Labute approximate surface area is 69.3 Å². The van der Waals surface area contributed by atoms with E-state index >= 15 is 0 Å². The second-order valence-electron chi connectivity index (χ2n) is 3.14. The summed E-state index contributed by atoms with van der Waals surface area (Å²) in [5.74, 6) is 0. The van der Waals surface area contributed by atoms with E-state index in [2.05, 4.69) is 32.6 Å². The van der Waals surface area contributed by atoms with Crippen molar-refractivity contribution in [2.75, 3.05) is 0 Å². The monoisotopic (exact) mass is 148 g/mol. The summed E-state index contributed by atoms with van der Waals surface area (Å²) in [5, 5.41) is 0. The predicted octanol–water partition coefficient (Wildman–Crippen LogP) is 3.62. The van der Waals surface area contributed by atoms with Crippen LogP contribution in [0.2, 0.25) is 0 Å². The summed E-state index contributed by atoms with van der Waals surface area (Å²) >= 11 is 0. The highest BCUT2D eigenvalue weighted by molar-refractivity contribution is 5.36. The first-order chi connectivity index (χ1) is 5.24. The molecule has 0 amide bonds. The number of hydrogen-bond donors (Lipinski definition) is 0. The fourth-order valence-corrected chi connectivity index (χ4v) is 1.36. The van der Waals surface area contributed by atoms with Crippen molar-refractivity contribution in [1.82, 2.24) is 0 Å². The van der Waals surface area contributed by atoms with Crippen LogP contribution in [0.5, 0.6) is 0 Å². The van der Waals surface area contributed by atoms with Gasteiger partial charge in [0.15, 0.2) is 0 Å². The Morgan fingerprint density at radius 2 is 2.36 bits per heavy atom. The van der Waals surface area contributed by atoms with Crippen LogP contribution in [-0.2, 0) is 0 Å². The molecule has 0 heteroatoms. The van der Waals surface area contributed by atoms with E-state index in [0.29, 0.717) is 0 Å². The van der Waals surface area contributed by atoms with Crippen LogP contribution in [0.25, 0.3) is 0 Å². The van der Waals surface area contributed by atoms with Crippen LogP contribution < -0.4 is 0 Å². The predicted molar refractivity (Wildman–Crippen MR) is 50.5 cm³/mol. The van der Waals surface area contributed by atoms with Crippen LogP contribution >= 0.6 is 0 Å². The first kappa shape index (κ1) is 8.32. The van der Waals surface area contributed by atoms with Gasteiger partial charge >= 0.3 is 0 Å². The minimum Gasteiger partial charge on any atom is -0.0953 e. The number of allylic oxidation sites excluding steroid dienone is 5. The Balaban J connectivity index is 2.70. The van der Waals surface area contributed by atoms with Crippen molar-refractivity contribution in [3.8, 4) is 0 Å². The van der Waals surface area contributed by atoms with Gasteiger partial charge in [0.05, 0.1) is 0 Å². The van der Waals surface area contributed by atoms with Crippen LogP contribution in [-0.4, -0.2) is 0 Å². The summed E-state index contributed by atoms with van der Waals surface area (Å²) in [6, 6.07) is 0. The minimum absolute atomic E-state index is 1.09. The smallest absolute Gasteiger partial charge is 0.00674 e. The van der Waals surface area contributed by atoms with Gasteiger partial charge in [-0.05, 0) is 31.8 Å². The topological polar surface area (TPSA) is 0 Å². The maximum absolute atomic E-state index is 4.02. The number of hydrogen-bond acceptors (Lipinski definition) is 0. The Morgan fingerprint density at radius 3 is 2.91 bits per heavy atom. The molecule has 1 rings (SSSR count). The molecule has 11 heavy (non-hydrogen) atoms. The van der Waals surface area contributed by atoms with Gasteiger partial charge in [0.1, 0.15) is 0 Å². The highest BCUT2D eigenvalue weighted by atomic mass is 14.1. The molecule has 0 fully saturated rings. The second kappa shape index (κ2) is 3.56. The van der Waals surface area contributed by atoms with Crippen molar-refractivity contribution in [2.24, 2.45) is 0 Å². The van der Waals surface area contributed by atoms with Crippen molar-refractivity contribution < 1.29 is 0 Å². The first-order valence-electron chi connectivity index (χ1n) is 4.27. The van der Waals surface area contributed by atoms with Crippen LogP contribution in [0.15, 0.2) is 35.5 Å². The average Bonchev–Trinajstić information content (AvgIpc) is 1.98. The lowest BCUT2D eigenvalue weighted by Gasteiger charge is -2.15. The first-order valence-corrected chi connectivity index (χ1v) is 4.27. The molecule has 0 aromatic carbocycles. The fraction of sp³-hybridized carbons (Fsp3) is 0.455. The lowest BCUT2D eigenvalue weighted by Crippen LogP contribution is -1.95. The van der Waals surface area contributed by atoms with E-state index < -0.39 is 0 Å². The zero-order chi connectivity index (χ0) is 8.27. The summed E-state index contributed by atoms with van der Waals surface area (Å²) in [5.41, 5.74) is 4.19. The highest BCUT2D eigenvalue weighted by Crippen LogP contribution is 2.26. The molecular weight excluding hydrogens is 132 g/mol. The normalized spacial score (nSPS) is 22.2. The molecule has 0 atom stereocenters. The SMILES string of the molecule is C=C1CC(=CCC)CC=C1C. The van der Waals surface area contributed by atoms with Gasteiger partial charge in [-0.1, -0.05) is 36.8 Å². The van der Waals surface area contributed by atoms with Gasteiger partial charge in [-0.15, -0.1) is 0 Å². The summed E-state index contributed by atoms with van der Waals surface area (Å²) in [7, 11) is 0. The average molecular weight is 148 g/mol. The third kappa shape index (κ3) is 2.07. The van der Waals surface area contributed by atoms with Crippen molar-refractivity contribution >= 4 is 0 Å². The van der Waals surface area contributed by atoms with Gasteiger partial charge in [-0.3, -0.25) is 0 Å². The van der Waals surface area contributed by atoms with Crippen molar-refractivity contribution in [3.63, 3.8) is 0 Å². The van der Waals surface area contributed by atoms with Crippen LogP contribution in [0.4, 0.5) is 0 Å². The van der Waals surface area contributed by atoms with Gasteiger partial charge < -0.3 is 0 Å². The maximum Gasteiger partial charge on any atom is -0.00674 e. The molecule has 0 aromatic heterocycles. The van der Waals surface area contributed by atoms with E-state index in [1.165, 1.54) is 16.7 Å². The molecule has 0 bridgehead atoms. The number of rotatable bonds is 1. The van der Waals surface area contributed by atoms with Gasteiger partial charge in [0.2, 0.25) is 0 Å². The van der Waals surface area contributed by atoms with Crippen LogP contribution in [0, 0.1) is 0 Å². The Hall–Kier alpha value is -0.780.